The van der Waals surface area contributed by atoms with Crippen molar-refractivity contribution in [1.29, 1.82) is 0 Å². The quantitative estimate of drug-likeness (QED) is 0.424. The van der Waals surface area contributed by atoms with E-state index in [2.05, 4.69) is 0 Å². The molecule has 59 valence electrons. The van der Waals surface area contributed by atoms with Gasteiger partial charge < -0.3 is 39.6 Å². The Balaban J connectivity index is 0. The molecule has 0 fully saturated rings. The number of hydrogen-bond acceptors (Lipinski definition) is 0. The summed E-state index contributed by atoms with van der Waals surface area (Å²) in [5.74, 6) is 0. The van der Waals surface area contributed by atoms with Gasteiger partial charge in [-0.2, -0.15) is 0 Å². The average molecular weight is 410 g/mol. The monoisotopic (exact) mass is 411 g/mol. The van der Waals surface area contributed by atoms with Gasteiger partial charge in [0.05, 0.1) is 0 Å². The molecule has 0 N–H and O–H groups in total. The van der Waals surface area contributed by atoms with E-state index in [0.29, 0.717) is 0 Å². The molecular formula is Cu3MoP4. The van der Waals surface area contributed by atoms with E-state index in [1.165, 1.54) is 0 Å². The average Bonchev–Trinajstić information content (AvgIpc) is 0. The Hall–Kier alpha value is 3.97. The number of rotatable bonds is 0. The van der Waals surface area contributed by atoms with Gasteiger partial charge in [0, 0.05) is 0 Å². The fourth-order valence-electron chi connectivity index (χ4n) is 0. The van der Waals surface area contributed by atoms with Crippen LogP contribution >= 0.6 is 39.6 Å². The van der Waals surface area contributed by atoms with E-state index in [0.717, 1.165) is 0 Å². The zero-order valence-electron chi connectivity index (χ0n) is 3.10. The predicted octanol–water partition coefficient (Wildman–Crippen LogP) is 3.43. The zero-order chi connectivity index (χ0) is 0. The Kier molecular flexibility index (Phi) is 792. The first kappa shape index (κ1) is 91.5. The molecule has 0 nitrogen and oxygen atoms in total. The van der Waals surface area contributed by atoms with Gasteiger partial charge in [-0.05, 0) is 0 Å². The van der Waals surface area contributed by atoms with Crippen LogP contribution in [0.5, 0.6) is 0 Å². The molecule has 0 saturated carbocycles. The topological polar surface area (TPSA) is 0 Å². The summed E-state index contributed by atoms with van der Waals surface area (Å²) >= 11 is 0. The van der Waals surface area contributed by atoms with Crippen molar-refractivity contribution in [3.63, 3.8) is 0 Å². The van der Waals surface area contributed by atoms with Crippen LogP contribution in [0.15, 0.2) is 0 Å². The van der Waals surface area contributed by atoms with Gasteiger partial charge in [0.25, 0.3) is 0 Å². The van der Waals surface area contributed by atoms with Crippen LogP contribution in [0.3, 0.4) is 0 Å². The molecular weight excluding hydrogens is 410 g/mol. The van der Waals surface area contributed by atoms with Crippen molar-refractivity contribution in [2.45, 2.75) is 0 Å². The van der Waals surface area contributed by atoms with Gasteiger partial charge in [0.15, 0.2) is 0 Å². The van der Waals surface area contributed by atoms with Gasteiger partial charge in [0.2, 0.25) is 0 Å². The SMILES string of the molecule is [Cu+2].[Cu+2].[Cu+2].[Mo+6].[P-3].[P-3].[P-3].[P-3]. The smallest absolute Gasteiger partial charge is 3.00 e. The van der Waals surface area contributed by atoms with Crippen molar-refractivity contribution < 1.29 is 72.3 Å². The second-order valence-corrected chi connectivity index (χ2v) is 0. The summed E-state index contributed by atoms with van der Waals surface area (Å²) < 4.78 is 0. The summed E-state index contributed by atoms with van der Waals surface area (Å²) in [5, 5.41) is 0. The molecule has 0 aromatic heterocycles. The van der Waals surface area contributed by atoms with Crippen molar-refractivity contribution in [3.8, 4) is 0 Å². The fraction of sp³-hybridized carbons (Fsp3) is 0. The van der Waals surface area contributed by atoms with Crippen LogP contribution in [0.2, 0.25) is 0 Å². The summed E-state index contributed by atoms with van der Waals surface area (Å²) in [6.07, 6.45) is 0. The molecule has 8 heteroatoms. The van der Waals surface area contributed by atoms with Crippen LogP contribution in [0.25, 0.3) is 0 Å². The Morgan fingerprint density at radius 1 is 0.375 bits per heavy atom. The molecule has 0 aliphatic rings. The predicted molar refractivity (Wildman–Crippen MR) is 27.7 cm³/mol. The third-order valence-electron chi connectivity index (χ3n) is 0. The fourth-order valence-corrected chi connectivity index (χ4v) is 0. The van der Waals surface area contributed by atoms with Crippen LogP contribution in [0.1, 0.15) is 0 Å². The van der Waals surface area contributed by atoms with Gasteiger partial charge in [-0.1, -0.05) is 0 Å². The van der Waals surface area contributed by atoms with Crippen LogP contribution in [-0.2, 0) is 72.3 Å². The maximum atomic E-state index is 0. The Morgan fingerprint density at radius 2 is 0.375 bits per heavy atom. The standard InChI is InChI=1S/3Cu.Mo.4P/q3*+2;+6;4*-3. The van der Waals surface area contributed by atoms with Gasteiger partial charge >= 0.3 is 72.3 Å². The van der Waals surface area contributed by atoms with Crippen molar-refractivity contribution in [1.82, 2.24) is 0 Å². The van der Waals surface area contributed by atoms with Crippen LogP contribution < -0.4 is 0 Å². The van der Waals surface area contributed by atoms with Crippen molar-refractivity contribution >= 4 is 39.6 Å². The molecule has 0 heterocycles. The molecule has 0 unspecified atom stereocenters. The van der Waals surface area contributed by atoms with E-state index < -0.39 is 0 Å². The first-order valence-electron chi connectivity index (χ1n) is 0. The first-order valence-corrected chi connectivity index (χ1v) is 0. The van der Waals surface area contributed by atoms with Gasteiger partial charge in [-0.3, -0.25) is 0 Å². The molecule has 0 aromatic rings. The summed E-state index contributed by atoms with van der Waals surface area (Å²) in [6.45, 7) is 0. The molecule has 0 amide bonds. The van der Waals surface area contributed by atoms with Crippen molar-refractivity contribution in [2.24, 2.45) is 0 Å². The van der Waals surface area contributed by atoms with Crippen molar-refractivity contribution in [3.05, 3.63) is 0 Å². The molecule has 0 saturated heterocycles. The molecule has 0 aromatic carbocycles. The van der Waals surface area contributed by atoms with E-state index in [-0.39, 0.29) is 112 Å². The minimum atomic E-state index is 0. The van der Waals surface area contributed by atoms with E-state index in [1.54, 1.807) is 0 Å². The van der Waals surface area contributed by atoms with E-state index >= 15 is 0 Å². The maximum absolute atomic E-state index is 0. The minimum Gasteiger partial charge on any atom is -3.00 e. The molecule has 0 bridgehead atoms. The summed E-state index contributed by atoms with van der Waals surface area (Å²) in [6, 6.07) is 0. The van der Waals surface area contributed by atoms with Crippen molar-refractivity contribution in [2.75, 3.05) is 0 Å². The largest absolute Gasteiger partial charge is 6.00 e. The van der Waals surface area contributed by atoms with Gasteiger partial charge in [0.1, 0.15) is 0 Å². The van der Waals surface area contributed by atoms with Crippen LogP contribution in [-0.4, -0.2) is 0 Å². The maximum Gasteiger partial charge on any atom is 6.00 e. The van der Waals surface area contributed by atoms with E-state index in [1.807, 2.05) is 0 Å². The second-order valence-electron chi connectivity index (χ2n) is 0. The Labute approximate surface area is 111 Å². The summed E-state index contributed by atoms with van der Waals surface area (Å²) in [4.78, 5) is 0. The Bertz CT molecular complexity index is 11.2. The molecule has 0 spiro atoms. The van der Waals surface area contributed by atoms with Crippen LogP contribution in [0.4, 0.5) is 0 Å². The molecule has 0 aliphatic heterocycles. The zero-order valence-corrected chi connectivity index (χ0v) is 11.5. The number of hydrogen-bond donors (Lipinski definition) is 0. The van der Waals surface area contributed by atoms with Gasteiger partial charge in [-0.15, -0.1) is 0 Å². The Morgan fingerprint density at radius 3 is 0.375 bits per heavy atom. The minimum absolute atomic E-state index is 0. The molecule has 0 rings (SSSR count). The first-order chi connectivity index (χ1) is 0. The molecule has 0 aliphatic carbocycles. The summed E-state index contributed by atoms with van der Waals surface area (Å²) in [5.41, 5.74) is 0. The van der Waals surface area contributed by atoms with Crippen LogP contribution in [0, 0.1) is 0 Å². The molecule has 0 atom stereocenters. The summed E-state index contributed by atoms with van der Waals surface area (Å²) in [7, 11) is 0. The van der Waals surface area contributed by atoms with E-state index in [9.17, 15) is 0 Å². The molecule has 8 heavy (non-hydrogen) atoms. The van der Waals surface area contributed by atoms with Gasteiger partial charge in [-0.25, -0.2) is 0 Å². The third kappa shape index (κ3) is 50.9. The third-order valence-corrected chi connectivity index (χ3v) is 0. The normalized spacial score (nSPS) is 0. The molecule has 3 radical (unpaired) electrons. The van der Waals surface area contributed by atoms with E-state index in [4.69, 9.17) is 0 Å². The second kappa shape index (κ2) is 69.2.